The van der Waals surface area contributed by atoms with Crippen LogP contribution in [0.2, 0.25) is 0 Å². The van der Waals surface area contributed by atoms with Gasteiger partial charge in [-0.15, -0.1) is 0 Å². The number of aromatic nitrogens is 1. The maximum Gasteiger partial charge on any atom is 0.446 e. The first-order valence-electron chi connectivity index (χ1n) is 10.3. The van der Waals surface area contributed by atoms with Crippen molar-refractivity contribution in [1.29, 1.82) is 0 Å². The smallest absolute Gasteiger partial charge is 0.379 e. The van der Waals surface area contributed by atoms with Gasteiger partial charge in [-0.2, -0.15) is 13.2 Å². The first kappa shape index (κ1) is 24.0. The number of ether oxygens (including phenoxy) is 1. The number of hydrazine groups is 1. The fraction of sp³-hybridized carbons (Fsp3) is 0.333. The minimum atomic E-state index is -4.44. The highest BCUT2D eigenvalue weighted by atomic mass is 32.2. The summed E-state index contributed by atoms with van der Waals surface area (Å²) in [7, 11) is 0. The van der Waals surface area contributed by atoms with Crippen LogP contribution in [0.15, 0.2) is 47.6 Å². The number of benzene rings is 1. The normalized spacial score (nSPS) is 17.4. The number of anilines is 1. The number of urea groups is 1. The number of morpholine rings is 1. The molecule has 1 N–H and O–H groups in total. The third-order valence-corrected chi connectivity index (χ3v) is 5.89. The largest absolute Gasteiger partial charge is 0.446 e. The molecule has 4 rings (SSSR count). The Morgan fingerprint density at radius 2 is 1.82 bits per heavy atom. The molecule has 34 heavy (non-hydrogen) atoms. The van der Waals surface area contributed by atoms with Crippen molar-refractivity contribution in [2.24, 2.45) is 0 Å². The number of amides is 4. The van der Waals surface area contributed by atoms with Crippen molar-refractivity contribution in [3.63, 3.8) is 0 Å². The Morgan fingerprint density at radius 1 is 1.12 bits per heavy atom. The molecular weight excluding hydrogens is 475 g/mol. The second kappa shape index (κ2) is 9.99. The van der Waals surface area contributed by atoms with Gasteiger partial charge in [0.2, 0.25) is 0 Å². The van der Waals surface area contributed by atoms with Crippen molar-refractivity contribution in [1.82, 2.24) is 20.3 Å². The topological polar surface area (TPSA) is 95.1 Å². The van der Waals surface area contributed by atoms with Gasteiger partial charge in [-0.05, 0) is 47.7 Å². The Labute approximate surface area is 196 Å². The lowest BCUT2D eigenvalue weighted by atomic mass is 10.1. The van der Waals surface area contributed by atoms with Gasteiger partial charge in [0, 0.05) is 36.9 Å². The van der Waals surface area contributed by atoms with Crippen LogP contribution in [0.4, 0.5) is 23.7 Å². The highest BCUT2D eigenvalue weighted by Gasteiger charge is 2.38. The molecule has 0 saturated carbocycles. The van der Waals surface area contributed by atoms with E-state index in [9.17, 15) is 27.6 Å². The summed E-state index contributed by atoms with van der Waals surface area (Å²) in [5.74, 6) is -0.910. The molecule has 2 saturated heterocycles. The average Bonchev–Trinajstić information content (AvgIpc) is 3.07. The number of hydrogen-bond acceptors (Lipinski definition) is 7. The van der Waals surface area contributed by atoms with Gasteiger partial charge in [-0.3, -0.25) is 20.0 Å². The van der Waals surface area contributed by atoms with Gasteiger partial charge in [0.25, 0.3) is 11.8 Å². The summed E-state index contributed by atoms with van der Waals surface area (Å²) < 4.78 is 42.9. The van der Waals surface area contributed by atoms with E-state index in [0.717, 1.165) is 4.90 Å². The van der Waals surface area contributed by atoms with Gasteiger partial charge in [0.05, 0.1) is 24.5 Å². The highest BCUT2D eigenvalue weighted by molar-refractivity contribution is 8.00. The molecule has 2 aromatic rings. The van der Waals surface area contributed by atoms with E-state index < -0.39 is 23.4 Å². The lowest BCUT2D eigenvalue weighted by Crippen LogP contribution is -2.48. The third kappa shape index (κ3) is 5.66. The van der Waals surface area contributed by atoms with Gasteiger partial charge >= 0.3 is 11.5 Å². The lowest BCUT2D eigenvalue weighted by molar-refractivity contribution is -0.116. The van der Waals surface area contributed by atoms with E-state index in [1.165, 1.54) is 41.6 Å². The summed E-state index contributed by atoms with van der Waals surface area (Å²) >= 11 is -0.280. The summed E-state index contributed by atoms with van der Waals surface area (Å²) in [5, 5.41) is 1.73. The maximum absolute atomic E-state index is 12.9. The van der Waals surface area contributed by atoms with Crippen molar-refractivity contribution in [3.8, 4) is 0 Å². The second-order valence-corrected chi connectivity index (χ2v) is 8.62. The first-order chi connectivity index (χ1) is 16.2. The van der Waals surface area contributed by atoms with Crippen molar-refractivity contribution < 1.29 is 32.3 Å². The predicted octanol–water partition coefficient (Wildman–Crippen LogP) is 2.64. The van der Waals surface area contributed by atoms with E-state index in [-0.39, 0.29) is 41.0 Å². The molecule has 4 amide bonds. The molecule has 2 aliphatic heterocycles. The number of thioether (sulfide) groups is 1. The number of nitrogens with zero attached hydrogens (tertiary/aromatic N) is 4. The number of carbonyl (C=O) groups is 3. The van der Waals surface area contributed by atoms with Crippen LogP contribution in [0.5, 0.6) is 0 Å². The van der Waals surface area contributed by atoms with Gasteiger partial charge in [-0.1, -0.05) is 0 Å². The molecule has 1 aromatic heterocycles. The van der Waals surface area contributed by atoms with Gasteiger partial charge in [-0.25, -0.2) is 14.7 Å². The molecule has 2 aliphatic rings. The molecule has 0 unspecified atom stereocenters. The van der Waals surface area contributed by atoms with E-state index in [1.807, 2.05) is 0 Å². The Morgan fingerprint density at radius 3 is 2.50 bits per heavy atom. The molecule has 3 heterocycles. The van der Waals surface area contributed by atoms with Crippen LogP contribution in [0.3, 0.4) is 0 Å². The number of halogens is 3. The van der Waals surface area contributed by atoms with Crippen LogP contribution in [-0.4, -0.2) is 71.1 Å². The molecular formula is C21H20F3N5O4S. The zero-order valence-corrected chi connectivity index (χ0v) is 18.6. The maximum atomic E-state index is 12.9. The van der Waals surface area contributed by atoms with Gasteiger partial charge < -0.3 is 9.64 Å². The summed E-state index contributed by atoms with van der Waals surface area (Å²) in [5.41, 5.74) is -0.713. The predicted molar refractivity (Wildman–Crippen MR) is 116 cm³/mol. The Bertz CT molecular complexity index is 1080. The number of rotatable bonds is 6. The number of carbonyl (C=O) groups excluding carboxylic acids is 3. The summed E-state index contributed by atoms with van der Waals surface area (Å²) in [6.45, 7) is 1.82. The molecule has 0 bridgehead atoms. The van der Waals surface area contributed by atoms with Gasteiger partial charge in [0.15, 0.2) is 0 Å². The average molecular weight is 495 g/mol. The van der Waals surface area contributed by atoms with E-state index in [4.69, 9.17) is 4.74 Å². The van der Waals surface area contributed by atoms with Crippen LogP contribution < -0.4 is 10.3 Å². The SMILES string of the molecule is O=C(NN1CCOCC1)c1cnccc1CN1CC(=O)N(c2ccc(SC(F)(F)F)cc2)C1=O. The quantitative estimate of drug-likeness (QED) is 0.486. The van der Waals surface area contributed by atoms with Gasteiger partial charge in [0.1, 0.15) is 6.54 Å². The van der Waals surface area contributed by atoms with Crippen LogP contribution in [0.1, 0.15) is 15.9 Å². The standard InChI is InChI=1S/C21H20F3N5O4S/c22-21(23,24)34-16-3-1-15(2-4-16)29-18(30)13-27(20(29)32)12-14-5-6-25-11-17(14)19(31)26-28-7-9-33-10-8-28/h1-6,11H,7-10,12-13H2,(H,26,31). The minimum Gasteiger partial charge on any atom is -0.379 e. The van der Waals surface area contributed by atoms with Crippen molar-refractivity contribution in [3.05, 3.63) is 53.9 Å². The third-order valence-electron chi connectivity index (χ3n) is 5.15. The first-order valence-corrected chi connectivity index (χ1v) is 11.1. The van der Waals surface area contributed by atoms with Crippen LogP contribution >= 0.6 is 11.8 Å². The number of alkyl halides is 3. The fourth-order valence-corrected chi connectivity index (χ4v) is 4.11. The summed E-state index contributed by atoms with van der Waals surface area (Å²) in [4.78, 5) is 44.4. The molecule has 0 radical (unpaired) electrons. The Kier molecular flexibility index (Phi) is 7.05. The molecule has 9 nitrogen and oxygen atoms in total. The summed E-state index contributed by atoms with van der Waals surface area (Å²) in [6.07, 6.45) is 2.88. The summed E-state index contributed by atoms with van der Waals surface area (Å²) in [6, 6.07) is 5.96. The second-order valence-electron chi connectivity index (χ2n) is 7.48. The Hall–Kier alpha value is -3.16. The number of nitrogens with one attached hydrogen (secondary N) is 1. The molecule has 1 aromatic carbocycles. The van der Waals surface area contributed by atoms with Crippen molar-refractivity contribution in [2.75, 3.05) is 37.7 Å². The molecule has 2 fully saturated rings. The van der Waals surface area contributed by atoms with Crippen LogP contribution in [0.25, 0.3) is 0 Å². The van der Waals surface area contributed by atoms with Crippen LogP contribution in [0, 0.1) is 0 Å². The zero-order chi connectivity index (χ0) is 24.3. The minimum absolute atomic E-state index is 0.0164. The zero-order valence-electron chi connectivity index (χ0n) is 17.7. The molecule has 0 spiro atoms. The van der Waals surface area contributed by atoms with E-state index in [2.05, 4.69) is 10.4 Å². The van der Waals surface area contributed by atoms with E-state index in [1.54, 1.807) is 11.1 Å². The monoisotopic (exact) mass is 495 g/mol. The van der Waals surface area contributed by atoms with E-state index >= 15 is 0 Å². The molecule has 180 valence electrons. The van der Waals surface area contributed by atoms with Crippen LogP contribution in [-0.2, 0) is 16.1 Å². The number of pyridine rings is 1. The molecule has 13 heteroatoms. The number of imide groups is 1. The van der Waals surface area contributed by atoms with E-state index in [0.29, 0.717) is 31.9 Å². The van der Waals surface area contributed by atoms with Crippen molar-refractivity contribution >= 4 is 35.3 Å². The highest BCUT2D eigenvalue weighted by Crippen LogP contribution is 2.37. The number of hydrogen-bond donors (Lipinski definition) is 1. The Balaban J connectivity index is 1.46. The molecule has 0 atom stereocenters. The fourth-order valence-electron chi connectivity index (χ4n) is 3.57. The van der Waals surface area contributed by atoms with Crippen molar-refractivity contribution in [2.45, 2.75) is 16.9 Å². The lowest BCUT2D eigenvalue weighted by Gasteiger charge is -2.27. The molecule has 0 aliphatic carbocycles.